The maximum atomic E-state index is 5.94. The molecule has 0 aromatic carbocycles. The number of hydrogen-bond acceptors (Lipinski definition) is 2. The van der Waals surface area contributed by atoms with Crippen LogP contribution in [0.3, 0.4) is 0 Å². The minimum Gasteiger partial charge on any atom is -0.329 e. The van der Waals surface area contributed by atoms with Crippen LogP contribution in [0.5, 0.6) is 0 Å². The molecule has 92 valence electrons. The number of nitrogens with two attached hydrogens (primary N) is 1. The van der Waals surface area contributed by atoms with E-state index in [1.165, 1.54) is 32.1 Å². The molecule has 1 fully saturated rings. The first kappa shape index (κ1) is 13.5. The third-order valence-electron chi connectivity index (χ3n) is 4.12. The Bertz CT molecular complexity index is 242. The van der Waals surface area contributed by atoms with Gasteiger partial charge in [-0.1, -0.05) is 32.6 Å². The molecule has 16 heavy (non-hydrogen) atoms. The van der Waals surface area contributed by atoms with Crippen LogP contribution in [0.25, 0.3) is 0 Å². The molecule has 0 aromatic heterocycles. The standard InChI is InChI=1S/C14H26N2/c1-4-10-16-14(11-15)8-5-6-13(7-9-14)12(2)3/h1,12-13,16H,5-11,15H2,2-3H3. The highest BCUT2D eigenvalue weighted by Gasteiger charge is 2.31. The summed E-state index contributed by atoms with van der Waals surface area (Å²) in [6.07, 6.45) is 11.6. The molecule has 0 saturated heterocycles. The Morgan fingerprint density at radius 3 is 2.75 bits per heavy atom. The van der Waals surface area contributed by atoms with E-state index >= 15 is 0 Å². The van der Waals surface area contributed by atoms with E-state index in [0.717, 1.165) is 11.8 Å². The second-order valence-corrected chi connectivity index (χ2v) is 5.48. The summed E-state index contributed by atoms with van der Waals surface area (Å²) in [5, 5.41) is 3.47. The van der Waals surface area contributed by atoms with Crippen LogP contribution in [0.2, 0.25) is 0 Å². The lowest BCUT2D eigenvalue weighted by Gasteiger charge is -2.32. The van der Waals surface area contributed by atoms with Gasteiger partial charge in [-0.3, -0.25) is 5.32 Å². The predicted molar refractivity (Wildman–Crippen MR) is 70.0 cm³/mol. The molecule has 1 aliphatic carbocycles. The van der Waals surface area contributed by atoms with E-state index in [4.69, 9.17) is 12.2 Å². The van der Waals surface area contributed by atoms with Crippen molar-refractivity contribution in [2.45, 2.75) is 51.5 Å². The average molecular weight is 222 g/mol. The Hall–Kier alpha value is -0.520. The molecular formula is C14H26N2. The summed E-state index contributed by atoms with van der Waals surface area (Å²) in [6, 6.07) is 0. The van der Waals surface area contributed by atoms with Crippen LogP contribution < -0.4 is 11.1 Å². The molecule has 2 unspecified atom stereocenters. The summed E-state index contributed by atoms with van der Waals surface area (Å²) in [4.78, 5) is 0. The van der Waals surface area contributed by atoms with E-state index in [1.54, 1.807) is 0 Å². The molecule has 0 aliphatic heterocycles. The minimum absolute atomic E-state index is 0.107. The van der Waals surface area contributed by atoms with Gasteiger partial charge in [0.1, 0.15) is 0 Å². The summed E-state index contributed by atoms with van der Waals surface area (Å²) in [7, 11) is 0. The van der Waals surface area contributed by atoms with Gasteiger partial charge in [-0.15, -0.1) is 6.42 Å². The molecule has 2 atom stereocenters. The summed E-state index contributed by atoms with van der Waals surface area (Å²) >= 11 is 0. The number of terminal acetylenes is 1. The Balaban J connectivity index is 2.57. The molecule has 3 N–H and O–H groups in total. The van der Waals surface area contributed by atoms with Crippen LogP contribution in [0.4, 0.5) is 0 Å². The number of rotatable bonds is 4. The van der Waals surface area contributed by atoms with Crippen molar-refractivity contribution in [3.63, 3.8) is 0 Å². The van der Waals surface area contributed by atoms with Gasteiger partial charge in [-0.25, -0.2) is 0 Å². The van der Waals surface area contributed by atoms with Gasteiger partial charge in [-0.2, -0.15) is 0 Å². The van der Waals surface area contributed by atoms with Crippen LogP contribution in [0, 0.1) is 24.2 Å². The Morgan fingerprint density at radius 2 is 2.19 bits per heavy atom. The van der Waals surface area contributed by atoms with Crippen molar-refractivity contribution in [2.75, 3.05) is 13.1 Å². The Labute approximate surface area is 100 Å². The molecule has 1 saturated carbocycles. The van der Waals surface area contributed by atoms with E-state index in [9.17, 15) is 0 Å². The Kier molecular flexibility index (Phi) is 5.31. The first-order chi connectivity index (χ1) is 7.63. The molecule has 2 nitrogen and oxygen atoms in total. The molecule has 0 bridgehead atoms. The topological polar surface area (TPSA) is 38.0 Å². The molecule has 0 amide bonds. The van der Waals surface area contributed by atoms with Crippen molar-refractivity contribution < 1.29 is 0 Å². The summed E-state index contributed by atoms with van der Waals surface area (Å²) < 4.78 is 0. The van der Waals surface area contributed by atoms with Crippen LogP contribution in [0.1, 0.15) is 46.0 Å². The third-order valence-corrected chi connectivity index (χ3v) is 4.12. The normalized spacial score (nSPS) is 31.1. The molecule has 1 aliphatic rings. The molecule has 0 radical (unpaired) electrons. The second kappa shape index (κ2) is 6.27. The maximum Gasteiger partial charge on any atom is 0.0578 e. The zero-order valence-electron chi connectivity index (χ0n) is 10.8. The second-order valence-electron chi connectivity index (χ2n) is 5.48. The Morgan fingerprint density at radius 1 is 1.44 bits per heavy atom. The molecule has 0 aromatic rings. The van der Waals surface area contributed by atoms with Crippen LogP contribution in [-0.4, -0.2) is 18.6 Å². The zero-order valence-corrected chi connectivity index (χ0v) is 10.8. The van der Waals surface area contributed by atoms with E-state index in [2.05, 4.69) is 25.1 Å². The fourth-order valence-electron chi connectivity index (χ4n) is 2.79. The van der Waals surface area contributed by atoms with E-state index in [0.29, 0.717) is 13.1 Å². The molecule has 0 spiro atoms. The fourth-order valence-corrected chi connectivity index (χ4v) is 2.79. The average Bonchev–Trinajstić information content (AvgIpc) is 2.49. The minimum atomic E-state index is 0.107. The van der Waals surface area contributed by atoms with Crippen molar-refractivity contribution in [1.29, 1.82) is 0 Å². The van der Waals surface area contributed by atoms with E-state index < -0.39 is 0 Å². The fraction of sp³-hybridized carbons (Fsp3) is 0.857. The van der Waals surface area contributed by atoms with Gasteiger partial charge < -0.3 is 5.73 Å². The van der Waals surface area contributed by atoms with E-state index in [-0.39, 0.29) is 5.54 Å². The largest absolute Gasteiger partial charge is 0.329 e. The smallest absolute Gasteiger partial charge is 0.0578 e. The number of nitrogens with one attached hydrogen (secondary N) is 1. The lowest BCUT2D eigenvalue weighted by Crippen LogP contribution is -2.51. The van der Waals surface area contributed by atoms with Crippen LogP contribution in [-0.2, 0) is 0 Å². The highest BCUT2D eigenvalue weighted by molar-refractivity contribution is 4.97. The molecule has 1 rings (SSSR count). The summed E-state index contributed by atoms with van der Waals surface area (Å²) in [6.45, 7) is 6.01. The maximum absolute atomic E-state index is 5.94. The highest BCUT2D eigenvalue weighted by atomic mass is 15.0. The van der Waals surface area contributed by atoms with Gasteiger partial charge in [0.25, 0.3) is 0 Å². The lowest BCUT2D eigenvalue weighted by atomic mass is 9.86. The number of hydrogen-bond donors (Lipinski definition) is 2. The predicted octanol–water partition coefficient (Wildman–Crippen LogP) is 2.14. The van der Waals surface area contributed by atoms with Crippen molar-refractivity contribution >= 4 is 0 Å². The van der Waals surface area contributed by atoms with Crippen LogP contribution >= 0.6 is 0 Å². The molecule has 2 heteroatoms. The van der Waals surface area contributed by atoms with Gasteiger partial charge >= 0.3 is 0 Å². The van der Waals surface area contributed by atoms with Gasteiger partial charge in [0.15, 0.2) is 0 Å². The van der Waals surface area contributed by atoms with Crippen molar-refractivity contribution in [1.82, 2.24) is 5.32 Å². The first-order valence-corrected chi connectivity index (χ1v) is 6.52. The summed E-state index contributed by atoms with van der Waals surface area (Å²) in [5.41, 5.74) is 6.05. The van der Waals surface area contributed by atoms with Crippen molar-refractivity contribution in [3.05, 3.63) is 0 Å². The van der Waals surface area contributed by atoms with Gasteiger partial charge in [0.05, 0.1) is 6.54 Å². The van der Waals surface area contributed by atoms with Crippen LogP contribution in [0.15, 0.2) is 0 Å². The van der Waals surface area contributed by atoms with Gasteiger partial charge in [-0.05, 0) is 31.1 Å². The van der Waals surface area contributed by atoms with Gasteiger partial charge in [0, 0.05) is 12.1 Å². The van der Waals surface area contributed by atoms with Crippen molar-refractivity contribution in [3.8, 4) is 12.3 Å². The molecular weight excluding hydrogens is 196 g/mol. The zero-order chi connectivity index (χ0) is 12.0. The first-order valence-electron chi connectivity index (χ1n) is 6.52. The van der Waals surface area contributed by atoms with Gasteiger partial charge in [0.2, 0.25) is 0 Å². The molecule has 0 heterocycles. The monoisotopic (exact) mass is 222 g/mol. The van der Waals surface area contributed by atoms with Crippen molar-refractivity contribution in [2.24, 2.45) is 17.6 Å². The highest BCUT2D eigenvalue weighted by Crippen LogP contribution is 2.33. The lowest BCUT2D eigenvalue weighted by molar-refractivity contribution is 0.288. The van der Waals surface area contributed by atoms with E-state index in [1.807, 2.05) is 0 Å². The third kappa shape index (κ3) is 3.50. The SMILES string of the molecule is C#CCNC1(CN)CCCC(C(C)C)CC1. The quantitative estimate of drug-likeness (QED) is 0.565. The summed E-state index contributed by atoms with van der Waals surface area (Å²) in [5.74, 6) is 4.32.